The number of carbonyl (C=O) groups is 1. The summed E-state index contributed by atoms with van der Waals surface area (Å²) in [5.74, 6) is 0.754. The van der Waals surface area contributed by atoms with Crippen molar-refractivity contribution in [1.29, 1.82) is 0 Å². The van der Waals surface area contributed by atoms with Gasteiger partial charge in [-0.2, -0.15) is 0 Å². The summed E-state index contributed by atoms with van der Waals surface area (Å²) < 4.78 is 10.7. The predicted molar refractivity (Wildman–Crippen MR) is 132 cm³/mol. The number of benzene rings is 1. The van der Waals surface area contributed by atoms with Crippen molar-refractivity contribution in [3.8, 4) is 0 Å². The summed E-state index contributed by atoms with van der Waals surface area (Å²) in [5, 5.41) is 9.40. The van der Waals surface area contributed by atoms with Crippen LogP contribution < -0.4 is 16.0 Å². The summed E-state index contributed by atoms with van der Waals surface area (Å²) in [7, 11) is 1.73. The minimum absolute atomic E-state index is 0. The standard InChI is InChI=1S/C22H32N4O3.HI/c1-6-23-21(25-15-19(28-5)22(2,3)4)24-14-16-9-11-17(12-10-16)26-20(27)18-8-7-13-29-18;/h7-13,19H,6,14-15H2,1-5H3,(H,26,27)(H2,23,24,25);1H. The van der Waals surface area contributed by atoms with Crippen molar-refractivity contribution < 1.29 is 13.9 Å². The number of furan rings is 1. The summed E-state index contributed by atoms with van der Waals surface area (Å²) in [4.78, 5) is 16.7. The molecule has 2 aromatic rings. The second-order valence-electron chi connectivity index (χ2n) is 7.79. The van der Waals surface area contributed by atoms with Gasteiger partial charge in [-0.3, -0.25) is 4.79 Å². The van der Waals surface area contributed by atoms with Gasteiger partial charge in [-0.05, 0) is 42.2 Å². The number of carbonyl (C=O) groups excluding carboxylic acids is 1. The minimum atomic E-state index is -0.272. The van der Waals surface area contributed by atoms with Gasteiger partial charge in [0.2, 0.25) is 0 Å². The van der Waals surface area contributed by atoms with Crippen molar-refractivity contribution in [3.05, 3.63) is 54.0 Å². The first-order chi connectivity index (χ1) is 13.8. The van der Waals surface area contributed by atoms with E-state index in [0.717, 1.165) is 18.1 Å². The lowest BCUT2D eigenvalue weighted by Crippen LogP contribution is -2.45. The van der Waals surface area contributed by atoms with Crippen LogP contribution in [0.3, 0.4) is 0 Å². The normalized spacial score (nSPS) is 12.6. The zero-order valence-corrected chi connectivity index (χ0v) is 20.7. The van der Waals surface area contributed by atoms with Gasteiger partial charge in [0.1, 0.15) is 0 Å². The lowest BCUT2D eigenvalue weighted by atomic mass is 9.89. The van der Waals surface area contributed by atoms with E-state index < -0.39 is 0 Å². The van der Waals surface area contributed by atoms with Crippen molar-refractivity contribution in [2.45, 2.75) is 40.3 Å². The summed E-state index contributed by atoms with van der Waals surface area (Å²) >= 11 is 0. The fourth-order valence-corrected chi connectivity index (χ4v) is 2.74. The lowest BCUT2D eigenvalue weighted by Gasteiger charge is -2.30. The second kappa shape index (κ2) is 12.6. The maximum atomic E-state index is 12.0. The molecule has 1 aromatic carbocycles. The van der Waals surface area contributed by atoms with Gasteiger partial charge >= 0.3 is 0 Å². The Morgan fingerprint density at radius 2 is 1.87 bits per heavy atom. The van der Waals surface area contributed by atoms with E-state index in [1.54, 1.807) is 19.2 Å². The molecule has 2 rings (SSSR count). The Labute approximate surface area is 196 Å². The molecule has 0 bridgehead atoms. The van der Waals surface area contributed by atoms with Crippen molar-refractivity contribution >= 4 is 41.5 Å². The van der Waals surface area contributed by atoms with Crippen LogP contribution in [0.2, 0.25) is 0 Å². The van der Waals surface area contributed by atoms with Crippen molar-refractivity contribution in [1.82, 2.24) is 10.6 Å². The van der Waals surface area contributed by atoms with E-state index in [-0.39, 0.29) is 47.2 Å². The van der Waals surface area contributed by atoms with Crippen LogP contribution in [0, 0.1) is 5.41 Å². The van der Waals surface area contributed by atoms with Crippen LogP contribution in [0.1, 0.15) is 43.8 Å². The molecule has 0 aliphatic rings. The monoisotopic (exact) mass is 528 g/mol. The molecule has 8 heteroatoms. The molecule has 0 saturated heterocycles. The average molecular weight is 528 g/mol. The predicted octanol–water partition coefficient (Wildman–Crippen LogP) is 4.27. The van der Waals surface area contributed by atoms with Gasteiger partial charge in [-0.1, -0.05) is 32.9 Å². The van der Waals surface area contributed by atoms with Gasteiger partial charge in [-0.25, -0.2) is 4.99 Å². The third kappa shape index (κ3) is 8.35. The van der Waals surface area contributed by atoms with Gasteiger partial charge in [0.05, 0.1) is 18.9 Å². The van der Waals surface area contributed by atoms with E-state index in [2.05, 4.69) is 41.7 Å². The highest BCUT2D eigenvalue weighted by Crippen LogP contribution is 2.21. The molecule has 0 spiro atoms. The zero-order chi connectivity index (χ0) is 21.3. The third-order valence-corrected chi connectivity index (χ3v) is 4.43. The van der Waals surface area contributed by atoms with E-state index in [9.17, 15) is 4.79 Å². The van der Waals surface area contributed by atoms with Crippen molar-refractivity contribution in [3.63, 3.8) is 0 Å². The average Bonchev–Trinajstić information content (AvgIpc) is 3.21. The van der Waals surface area contributed by atoms with E-state index in [1.807, 2.05) is 31.2 Å². The molecule has 3 N–H and O–H groups in total. The first-order valence-corrected chi connectivity index (χ1v) is 9.82. The maximum Gasteiger partial charge on any atom is 0.291 e. The molecule has 1 heterocycles. The van der Waals surface area contributed by atoms with Crippen LogP contribution in [0.4, 0.5) is 5.69 Å². The Balaban J connectivity index is 0.00000450. The smallest absolute Gasteiger partial charge is 0.291 e. The SMILES string of the molecule is CCNC(=NCc1ccc(NC(=O)c2ccco2)cc1)NCC(OC)C(C)(C)C.I. The molecule has 0 aliphatic carbocycles. The second-order valence-corrected chi connectivity index (χ2v) is 7.79. The largest absolute Gasteiger partial charge is 0.459 e. The summed E-state index contributed by atoms with van der Waals surface area (Å²) in [6.07, 6.45) is 1.55. The van der Waals surface area contributed by atoms with Crippen molar-refractivity contribution in [2.24, 2.45) is 10.4 Å². The van der Waals surface area contributed by atoms with E-state index in [4.69, 9.17) is 9.15 Å². The van der Waals surface area contributed by atoms with Crippen molar-refractivity contribution in [2.75, 3.05) is 25.5 Å². The Morgan fingerprint density at radius 3 is 2.40 bits per heavy atom. The number of halogens is 1. The first-order valence-electron chi connectivity index (χ1n) is 9.82. The summed E-state index contributed by atoms with van der Waals surface area (Å²) in [6.45, 7) is 10.5. The van der Waals surface area contributed by atoms with Gasteiger partial charge in [0, 0.05) is 25.9 Å². The minimum Gasteiger partial charge on any atom is -0.459 e. The molecular weight excluding hydrogens is 495 g/mol. The van der Waals surface area contributed by atoms with Crippen LogP contribution in [-0.4, -0.2) is 38.2 Å². The first kappa shape index (κ1) is 26.0. The zero-order valence-electron chi connectivity index (χ0n) is 18.3. The fourth-order valence-electron chi connectivity index (χ4n) is 2.74. The number of anilines is 1. The Hall–Kier alpha value is -2.07. The van der Waals surface area contributed by atoms with Crippen LogP contribution in [-0.2, 0) is 11.3 Å². The molecule has 166 valence electrons. The number of aliphatic imine (C=N–C) groups is 1. The lowest BCUT2D eigenvalue weighted by molar-refractivity contribution is 0.0205. The van der Waals surface area contributed by atoms with Gasteiger partial charge in [-0.15, -0.1) is 24.0 Å². The Bertz CT molecular complexity index is 784. The highest BCUT2D eigenvalue weighted by atomic mass is 127. The van der Waals surface area contributed by atoms with Gasteiger partial charge < -0.3 is 25.1 Å². The fraction of sp³-hybridized carbons (Fsp3) is 0.455. The molecule has 1 atom stereocenters. The van der Waals surface area contributed by atoms with Gasteiger partial charge in [0.25, 0.3) is 5.91 Å². The number of hydrogen-bond donors (Lipinski definition) is 3. The molecule has 0 fully saturated rings. The quantitative estimate of drug-likeness (QED) is 0.271. The molecule has 0 radical (unpaired) electrons. The molecular formula is C22H33IN4O3. The molecule has 7 nitrogen and oxygen atoms in total. The number of ether oxygens (including phenoxy) is 1. The Kier molecular flexibility index (Phi) is 10.9. The molecule has 1 aromatic heterocycles. The third-order valence-electron chi connectivity index (χ3n) is 4.43. The number of guanidine groups is 1. The van der Waals surface area contributed by atoms with Crippen LogP contribution in [0.25, 0.3) is 0 Å². The summed E-state index contributed by atoms with van der Waals surface area (Å²) in [6, 6.07) is 10.9. The number of amides is 1. The molecule has 30 heavy (non-hydrogen) atoms. The van der Waals surface area contributed by atoms with E-state index in [0.29, 0.717) is 18.8 Å². The number of hydrogen-bond acceptors (Lipinski definition) is 4. The highest BCUT2D eigenvalue weighted by molar-refractivity contribution is 14.0. The van der Waals surface area contributed by atoms with E-state index >= 15 is 0 Å². The van der Waals surface area contributed by atoms with E-state index in [1.165, 1.54) is 6.26 Å². The van der Waals surface area contributed by atoms with Gasteiger partial charge in [0.15, 0.2) is 11.7 Å². The summed E-state index contributed by atoms with van der Waals surface area (Å²) in [5.41, 5.74) is 1.78. The molecule has 0 aliphatic heterocycles. The van der Waals surface area contributed by atoms with Crippen LogP contribution >= 0.6 is 24.0 Å². The van der Waals surface area contributed by atoms with Crippen LogP contribution in [0.15, 0.2) is 52.1 Å². The highest BCUT2D eigenvalue weighted by Gasteiger charge is 2.24. The molecule has 1 unspecified atom stereocenters. The Morgan fingerprint density at radius 1 is 1.17 bits per heavy atom. The van der Waals surface area contributed by atoms with Crippen LogP contribution in [0.5, 0.6) is 0 Å². The number of nitrogens with one attached hydrogen (secondary N) is 3. The topological polar surface area (TPSA) is 87.9 Å². The molecule has 0 saturated carbocycles. The molecule has 1 amide bonds. The number of methoxy groups -OCH3 is 1. The number of nitrogens with zero attached hydrogens (tertiary/aromatic N) is 1. The maximum absolute atomic E-state index is 12.0. The number of rotatable bonds is 8.